The first-order valence-corrected chi connectivity index (χ1v) is 6.89. The summed E-state index contributed by atoms with van der Waals surface area (Å²) in [6.45, 7) is 6.92. The van der Waals surface area contributed by atoms with Crippen LogP contribution in [-0.4, -0.2) is 27.6 Å². The highest BCUT2D eigenvalue weighted by Crippen LogP contribution is 2.20. The van der Waals surface area contributed by atoms with Crippen molar-refractivity contribution < 1.29 is 4.79 Å². The van der Waals surface area contributed by atoms with E-state index < -0.39 is 0 Å². The maximum absolute atomic E-state index is 11.9. The SMILES string of the molecule is CC(NC(=O)CCC(CCN)C(C)C)c1ncn[nH]1. The number of H-pyrrole nitrogens is 1. The zero-order valence-electron chi connectivity index (χ0n) is 12.0. The van der Waals surface area contributed by atoms with Crippen LogP contribution < -0.4 is 11.1 Å². The maximum Gasteiger partial charge on any atom is 0.220 e. The van der Waals surface area contributed by atoms with Gasteiger partial charge >= 0.3 is 0 Å². The fourth-order valence-corrected chi connectivity index (χ4v) is 2.15. The van der Waals surface area contributed by atoms with E-state index in [9.17, 15) is 4.79 Å². The minimum atomic E-state index is -0.137. The summed E-state index contributed by atoms with van der Waals surface area (Å²) in [6, 6.07) is -0.137. The predicted molar refractivity (Wildman–Crippen MR) is 74.2 cm³/mol. The van der Waals surface area contributed by atoms with Crippen LogP contribution in [0.4, 0.5) is 0 Å². The largest absolute Gasteiger partial charge is 0.346 e. The van der Waals surface area contributed by atoms with Crippen LogP contribution >= 0.6 is 0 Å². The molecule has 0 aliphatic rings. The molecule has 1 rings (SSSR count). The molecular weight excluding hydrogens is 242 g/mol. The molecule has 0 saturated heterocycles. The standard InChI is InChI=1S/C13H25N5O/c1-9(2)11(6-7-14)4-5-12(19)17-10(3)13-15-8-16-18-13/h8-11H,4-7,14H2,1-3H3,(H,17,19)(H,15,16,18). The van der Waals surface area contributed by atoms with Gasteiger partial charge in [0.15, 0.2) is 0 Å². The first-order valence-electron chi connectivity index (χ1n) is 6.89. The molecule has 1 amide bonds. The molecule has 6 nitrogen and oxygen atoms in total. The number of carbonyl (C=O) groups is 1. The molecule has 2 unspecified atom stereocenters. The van der Waals surface area contributed by atoms with Crippen LogP contribution in [0.3, 0.4) is 0 Å². The van der Waals surface area contributed by atoms with Gasteiger partial charge in [0, 0.05) is 6.42 Å². The molecule has 2 atom stereocenters. The predicted octanol–water partition coefficient (Wildman–Crippen LogP) is 1.38. The Morgan fingerprint density at radius 2 is 2.16 bits per heavy atom. The molecule has 1 aromatic heterocycles. The number of nitrogens with two attached hydrogens (primary N) is 1. The number of carbonyl (C=O) groups excluding carboxylic acids is 1. The third-order valence-corrected chi connectivity index (χ3v) is 3.44. The number of hydrogen-bond donors (Lipinski definition) is 3. The minimum Gasteiger partial charge on any atom is -0.346 e. The van der Waals surface area contributed by atoms with E-state index in [2.05, 4.69) is 34.3 Å². The summed E-state index contributed by atoms with van der Waals surface area (Å²) in [6.07, 6.45) is 3.82. The molecule has 0 saturated carbocycles. The van der Waals surface area contributed by atoms with Gasteiger partial charge < -0.3 is 11.1 Å². The van der Waals surface area contributed by atoms with Crippen LogP contribution in [0.1, 0.15) is 51.9 Å². The van der Waals surface area contributed by atoms with Crippen molar-refractivity contribution in [2.45, 2.75) is 46.1 Å². The normalized spacial score (nSPS) is 14.4. The summed E-state index contributed by atoms with van der Waals surface area (Å²) in [5.41, 5.74) is 5.60. The van der Waals surface area contributed by atoms with Crippen LogP contribution in [0.25, 0.3) is 0 Å². The quantitative estimate of drug-likeness (QED) is 0.663. The number of nitrogens with one attached hydrogen (secondary N) is 2. The fraction of sp³-hybridized carbons (Fsp3) is 0.769. The third kappa shape index (κ3) is 5.38. The second-order valence-corrected chi connectivity index (χ2v) is 5.28. The third-order valence-electron chi connectivity index (χ3n) is 3.44. The van der Waals surface area contributed by atoms with Crippen LogP contribution in [0.5, 0.6) is 0 Å². The molecule has 0 fully saturated rings. The van der Waals surface area contributed by atoms with Gasteiger partial charge in [0.2, 0.25) is 5.91 Å². The molecule has 0 bridgehead atoms. The van der Waals surface area contributed by atoms with Crippen LogP contribution in [0.2, 0.25) is 0 Å². The van der Waals surface area contributed by atoms with Crippen molar-refractivity contribution in [2.24, 2.45) is 17.6 Å². The van der Waals surface area contributed by atoms with Crippen molar-refractivity contribution in [1.82, 2.24) is 20.5 Å². The Kier molecular flexibility index (Phi) is 6.49. The van der Waals surface area contributed by atoms with E-state index in [-0.39, 0.29) is 11.9 Å². The van der Waals surface area contributed by atoms with Gasteiger partial charge in [-0.15, -0.1) is 0 Å². The van der Waals surface area contributed by atoms with Crippen molar-refractivity contribution in [3.8, 4) is 0 Å². The average Bonchev–Trinajstić information content (AvgIpc) is 2.87. The van der Waals surface area contributed by atoms with Crippen molar-refractivity contribution >= 4 is 5.91 Å². The molecule has 0 aliphatic heterocycles. The van der Waals surface area contributed by atoms with Crippen LogP contribution in [0.15, 0.2) is 6.33 Å². The molecule has 1 heterocycles. The summed E-state index contributed by atoms with van der Waals surface area (Å²) in [5.74, 6) is 1.79. The van der Waals surface area contributed by atoms with Crippen LogP contribution in [0, 0.1) is 11.8 Å². The van der Waals surface area contributed by atoms with Gasteiger partial charge in [-0.2, -0.15) is 5.10 Å². The summed E-state index contributed by atoms with van der Waals surface area (Å²) < 4.78 is 0. The second-order valence-electron chi connectivity index (χ2n) is 5.28. The summed E-state index contributed by atoms with van der Waals surface area (Å²) in [5, 5.41) is 9.44. The Hall–Kier alpha value is -1.43. The lowest BCUT2D eigenvalue weighted by atomic mass is 9.88. The minimum absolute atomic E-state index is 0.0478. The second kappa shape index (κ2) is 7.89. The fourth-order valence-electron chi connectivity index (χ4n) is 2.15. The lowest BCUT2D eigenvalue weighted by Gasteiger charge is -2.20. The van der Waals surface area contributed by atoms with E-state index in [4.69, 9.17) is 5.73 Å². The zero-order valence-corrected chi connectivity index (χ0v) is 12.0. The molecule has 108 valence electrons. The molecule has 0 spiro atoms. The average molecular weight is 267 g/mol. The van der Waals surface area contributed by atoms with Crippen molar-refractivity contribution in [1.29, 1.82) is 0 Å². The van der Waals surface area contributed by atoms with Crippen LogP contribution in [-0.2, 0) is 4.79 Å². The Labute approximate surface area is 114 Å². The Bertz CT molecular complexity index is 363. The molecule has 19 heavy (non-hydrogen) atoms. The van der Waals surface area contributed by atoms with E-state index in [1.54, 1.807) is 0 Å². The summed E-state index contributed by atoms with van der Waals surface area (Å²) >= 11 is 0. The summed E-state index contributed by atoms with van der Waals surface area (Å²) in [4.78, 5) is 15.9. The Morgan fingerprint density at radius 1 is 1.42 bits per heavy atom. The van der Waals surface area contributed by atoms with Gasteiger partial charge in [-0.25, -0.2) is 4.98 Å². The zero-order chi connectivity index (χ0) is 14.3. The van der Waals surface area contributed by atoms with Crippen molar-refractivity contribution in [3.63, 3.8) is 0 Å². The Balaban J connectivity index is 2.34. The van der Waals surface area contributed by atoms with Gasteiger partial charge in [-0.3, -0.25) is 9.89 Å². The van der Waals surface area contributed by atoms with Gasteiger partial charge in [0.25, 0.3) is 0 Å². The lowest BCUT2D eigenvalue weighted by Crippen LogP contribution is -2.28. The maximum atomic E-state index is 11.9. The molecule has 0 radical (unpaired) electrons. The molecule has 0 aromatic carbocycles. The molecule has 1 aromatic rings. The topological polar surface area (TPSA) is 96.7 Å². The number of aromatic amines is 1. The van der Waals surface area contributed by atoms with E-state index in [1.807, 2.05) is 6.92 Å². The van der Waals surface area contributed by atoms with Gasteiger partial charge in [0.05, 0.1) is 6.04 Å². The Morgan fingerprint density at radius 3 is 2.68 bits per heavy atom. The first kappa shape index (κ1) is 15.6. The van der Waals surface area contributed by atoms with Gasteiger partial charge in [-0.05, 0) is 38.1 Å². The molecular formula is C13H25N5O. The smallest absolute Gasteiger partial charge is 0.220 e. The lowest BCUT2D eigenvalue weighted by molar-refractivity contribution is -0.122. The molecule has 4 N–H and O–H groups in total. The van der Waals surface area contributed by atoms with Gasteiger partial charge in [-0.1, -0.05) is 13.8 Å². The number of aromatic nitrogens is 3. The van der Waals surface area contributed by atoms with E-state index >= 15 is 0 Å². The highest BCUT2D eigenvalue weighted by atomic mass is 16.1. The monoisotopic (exact) mass is 267 g/mol. The molecule has 6 heteroatoms. The number of nitrogens with zero attached hydrogens (tertiary/aromatic N) is 2. The van der Waals surface area contributed by atoms with Gasteiger partial charge in [0.1, 0.15) is 12.2 Å². The van der Waals surface area contributed by atoms with Crippen molar-refractivity contribution in [2.75, 3.05) is 6.54 Å². The highest BCUT2D eigenvalue weighted by molar-refractivity contribution is 5.76. The first-order chi connectivity index (χ1) is 9.04. The number of amides is 1. The number of rotatable bonds is 8. The summed E-state index contributed by atoms with van der Waals surface area (Å²) in [7, 11) is 0. The molecule has 0 aliphatic carbocycles. The van der Waals surface area contributed by atoms with E-state index in [0.29, 0.717) is 30.6 Å². The van der Waals surface area contributed by atoms with Crippen molar-refractivity contribution in [3.05, 3.63) is 12.2 Å². The number of hydrogen-bond acceptors (Lipinski definition) is 4. The van der Waals surface area contributed by atoms with E-state index in [0.717, 1.165) is 12.8 Å². The highest BCUT2D eigenvalue weighted by Gasteiger charge is 2.16. The van der Waals surface area contributed by atoms with E-state index in [1.165, 1.54) is 6.33 Å².